The monoisotopic (exact) mass is 290 g/mol. The molecule has 21 heavy (non-hydrogen) atoms. The van der Waals surface area contributed by atoms with Crippen molar-refractivity contribution in [3.63, 3.8) is 0 Å². The van der Waals surface area contributed by atoms with Gasteiger partial charge in [-0.1, -0.05) is 32.9 Å². The summed E-state index contributed by atoms with van der Waals surface area (Å²) in [6.07, 6.45) is 3.56. The van der Waals surface area contributed by atoms with Crippen LogP contribution >= 0.6 is 0 Å². The topological polar surface area (TPSA) is 38.5 Å². The SMILES string of the molecule is COc1ccccc1N(C)C1(CN)CCC(C)(C)CC1C. The van der Waals surface area contributed by atoms with E-state index in [2.05, 4.69) is 44.9 Å². The Morgan fingerprint density at radius 3 is 2.52 bits per heavy atom. The number of rotatable bonds is 4. The van der Waals surface area contributed by atoms with Gasteiger partial charge < -0.3 is 15.4 Å². The van der Waals surface area contributed by atoms with Gasteiger partial charge in [0.1, 0.15) is 5.75 Å². The number of hydrogen-bond acceptors (Lipinski definition) is 3. The van der Waals surface area contributed by atoms with Gasteiger partial charge in [-0.2, -0.15) is 0 Å². The molecule has 0 aromatic heterocycles. The summed E-state index contributed by atoms with van der Waals surface area (Å²) in [5.74, 6) is 1.48. The molecule has 2 rings (SSSR count). The fourth-order valence-electron chi connectivity index (χ4n) is 4.01. The number of methoxy groups -OCH3 is 1. The second-order valence-corrected chi connectivity index (χ2v) is 7.31. The highest BCUT2D eigenvalue weighted by Gasteiger charge is 2.46. The van der Waals surface area contributed by atoms with Crippen molar-refractivity contribution in [1.82, 2.24) is 0 Å². The number of nitrogens with zero attached hydrogens (tertiary/aromatic N) is 1. The number of likely N-dealkylation sites (N-methyl/N-ethyl adjacent to an activating group) is 1. The number of para-hydroxylation sites is 2. The van der Waals surface area contributed by atoms with Crippen molar-refractivity contribution in [2.24, 2.45) is 17.1 Å². The first-order valence-corrected chi connectivity index (χ1v) is 7.93. The zero-order chi connectivity index (χ0) is 15.7. The number of ether oxygens (including phenoxy) is 1. The molecule has 0 amide bonds. The smallest absolute Gasteiger partial charge is 0.142 e. The molecule has 0 bridgehead atoms. The first kappa shape index (κ1) is 16.2. The molecule has 3 heteroatoms. The van der Waals surface area contributed by atoms with Crippen molar-refractivity contribution < 1.29 is 4.74 Å². The van der Waals surface area contributed by atoms with Crippen LogP contribution in [0.2, 0.25) is 0 Å². The summed E-state index contributed by atoms with van der Waals surface area (Å²) in [6, 6.07) is 8.23. The molecule has 1 fully saturated rings. The van der Waals surface area contributed by atoms with Gasteiger partial charge in [-0.3, -0.25) is 0 Å². The standard InChI is InChI=1S/C18H30N2O/c1-14-12-17(2,3)10-11-18(14,13-19)20(4)15-8-6-7-9-16(15)21-5/h6-9,14H,10-13,19H2,1-5H3. The highest BCUT2D eigenvalue weighted by atomic mass is 16.5. The van der Waals surface area contributed by atoms with Gasteiger partial charge in [0.15, 0.2) is 0 Å². The van der Waals surface area contributed by atoms with E-state index in [1.165, 1.54) is 12.8 Å². The van der Waals surface area contributed by atoms with Crippen LogP contribution in [0.1, 0.15) is 40.0 Å². The molecule has 0 radical (unpaired) electrons. The summed E-state index contributed by atoms with van der Waals surface area (Å²) in [4.78, 5) is 2.37. The van der Waals surface area contributed by atoms with Crippen LogP contribution in [0.4, 0.5) is 5.69 Å². The maximum atomic E-state index is 6.26. The third-order valence-corrected chi connectivity index (χ3v) is 5.48. The number of benzene rings is 1. The van der Waals surface area contributed by atoms with Gasteiger partial charge in [-0.05, 0) is 42.7 Å². The second kappa shape index (κ2) is 5.88. The van der Waals surface area contributed by atoms with Gasteiger partial charge in [0, 0.05) is 13.6 Å². The molecule has 0 spiro atoms. The van der Waals surface area contributed by atoms with Crippen LogP contribution in [0.5, 0.6) is 5.75 Å². The minimum atomic E-state index is 0.0180. The van der Waals surface area contributed by atoms with Crippen molar-refractivity contribution in [2.45, 2.75) is 45.6 Å². The van der Waals surface area contributed by atoms with Gasteiger partial charge in [0.2, 0.25) is 0 Å². The summed E-state index contributed by atoms with van der Waals surface area (Å²) < 4.78 is 5.54. The average Bonchev–Trinajstić information content (AvgIpc) is 2.46. The van der Waals surface area contributed by atoms with Crippen molar-refractivity contribution in [3.05, 3.63) is 24.3 Å². The van der Waals surface area contributed by atoms with Crippen LogP contribution in [-0.2, 0) is 0 Å². The fraction of sp³-hybridized carbons (Fsp3) is 0.667. The molecule has 118 valence electrons. The predicted molar refractivity (Wildman–Crippen MR) is 90.0 cm³/mol. The fourth-order valence-corrected chi connectivity index (χ4v) is 4.01. The molecular weight excluding hydrogens is 260 g/mol. The van der Waals surface area contributed by atoms with E-state index < -0.39 is 0 Å². The van der Waals surface area contributed by atoms with Crippen molar-refractivity contribution >= 4 is 5.69 Å². The minimum Gasteiger partial charge on any atom is -0.495 e. The number of hydrogen-bond donors (Lipinski definition) is 1. The Morgan fingerprint density at radius 1 is 1.29 bits per heavy atom. The summed E-state index contributed by atoms with van der Waals surface area (Å²) in [5.41, 5.74) is 7.84. The van der Waals surface area contributed by atoms with Crippen LogP contribution in [-0.4, -0.2) is 26.2 Å². The van der Waals surface area contributed by atoms with Gasteiger partial charge in [0.05, 0.1) is 18.3 Å². The number of anilines is 1. The average molecular weight is 290 g/mol. The quantitative estimate of drug-likeness (QED) is 0.919. The van der Waals surface area contributed by atoms with Crippen LogP contribution < -0.4 is 15.4 Å². The van der Waals surface area contributed by atoms with Gasteiger partial charge in [-0.15, -0.1) is 0 Å². The van der Waals surface area contributed by atoms with E-state index in [0.29, 0.717) is 17.9 Å². The Hall–Kier alpha value is -1.22. The zero-order valence-electron chi connectivity index (χ0n) is 14.1. The van der Waals surface area contributed by atoms with E-state index in [4.69, 9.17) is 10.5 Å². The highest BCUT2D eigenvalue weighted by molar-refractivity contribution is 5.60. The largest absolute Gasteiger partial charge is 0.495 e. The number of nitrogens with two attached hydrogens (primary N) is 1. The Morgan fingerprint density at radius 2 is 1.95 bits per heavy atom. The normalized spacial score (nSPS) is 28.2. The minimum absolute atomic E-state index is 0.0180. The maximum absolute atomic E-state index is 6.26. The maximum Gasteiger partial charge on any atom is 0.142 e. The molecule has 1 saturated carbocycles. The van der Waals surface area contributed by atoms with E-state index in [1.54, 1.807) is 7.11 Å². The van der Waals surface area contributed by atoms with Crippen LogP contribution in [0.3, 0.4) is 0 Å². The summed E-state index contributed by atoms with van der Waals surface area (Å²) in [7, 11) is 3.90. The van der Waals surface area contributed by atoms with Crippen molar-refractivity contribution in [1.29, 1.82) is 0 Å². The summed E-state index contributed by atoms with van der Waals surface area (Å²) in [6.45, 7) is 7.76. The molecule has 0 aliphatic heterocycles. The second-order valence-electron chi connectivity index (χ2n) is 7.31. The van der Waals surface area contributed by atoms with E-state index in [0.717, 1.165) is 17.9 Å². The lowest BCUT2D eigenvalue weighted by atomic mass is 9.63. The molecule has 3 nitrogen and oxygen atoms in total. The predicted octanol–water partition coefficient (Wildman–Crippen LogP) is 3.68. The van der Waals surface area contributed by atoms with Gasteiger partial charge in [0.25, 0.3) is 0 Å². The Kier molecular flexibility index (Phi) is 4.52. The van der Waals surface area contributed by atoms with Gasteiger partial charge >= 0.3 is 0 Å². The van der Waals surface area contributed by atoms with E-state index >= 15 is 0 Å². The first-order valence-electron chi connectivity index (χ1n) is 7.93. The van der Waals surface area contributed by atoms with Crippen LogP contribution in [0.25, 0.3) is 0 Å². The molecule has 1 aromatic rings. The molecule has 1 aliphatic carbocycles. The third-order valence-electron chi connectivity index (χ3n) is 5.48. The highest BCUT2D eigenvalue weighted by Crippen LogP contribution is 2.48. The molecule has 1 aliphatic rings. The molecule has 2 atom stereocenters. The van der Waals surface area contributed by atoms with E-state index in [1.807, 2.05) is 12.1 Å². The van der Waals surface area contributed by atoms with E-state index in [9.17, 15) is 0 Å². The lowest BCUT2D eigenvalue weighted by Gasteiger charge is -2.53. The van der Waals surface area contributed by atoms with Crippen LogP contribution in [0, 0.1) is 11.3 Å². The summed E-state index contributed by atoms with van der Waals surface area (Å²) in [5, 5.41) is 0. The van der Waals surface area contributed by atoms with E-state index in [-0.39, 0.29) is 5.54 Å². The Balaban J connectivity index is 2.36. The zero-order valence-corrected chi connectivity index (χ0v) is 14.1. The molecule has 2 unspecified atom stereocenters. The Labute approximate surface area is 129 Å². The van der Waals surface area contributed by atoms with Crippen molar-refractivity contribution in [2.75, 3.05) is 25.6 Å². The lowest BCUT2D eigenvalue weighted by molar-refractivity contribution is 0.103. The molecule has 0 heterocycles. The molecule has 0 saturated heterocycles. The summed E-state index contributed by atoms with van der Waals surface area (Å²) >= 11 is 0. The Bertz CT molecular complexity index is 486. The lowest BCUT2D eigenvalue weighted by Crippen LogP contribution is -2.60. The van der Waals surface area contributed by atoms with Crippen molar-refractivity contribution in [3.8, 4) is 5.75 Å². The van der Waals surface area contributed by atoms with Crippen LogP contribution in [0.15, 0.2) is 24.3 Å². The third kappa shape index (κ3) is 2.89. The molecule has 1 aromatic carbocycles. The molecule has 2 N–H and O–H groups in total. The molecular formula is C18H30N2O. The first-order chi connectivity index (χ1) is 9.86. The van der Waals surface area contributed by atoms with Gasteiger partial charge in [-0.25, -0.2) is 0 Å².